The van der Waals surface area contributed by atoms with Crippen LogP contribution in [0, 0.1) is 13.8 Å². The second kappa shape index (κ2) is 2.34. The van der Waals surface area contributed by atoms with E-state index in [1.54, 1.807) is 0 Å². The Hall–Kier alpha value is -1.31. The van der Waals surface area contributed by atoms with Gasteiger partial charge in [-0.25, -0.2) is 0 Å². The number of carbonyl (C=O) groups excluding carboxylic acids is 1. The molecule has 12 heavy (non-hydrogen) atoms. The van der Waals surface area contributed by atoms with Crippen LogP contribution in [-0.2, 0) is 0 Å². The van der Waals surface area contributed by atoms with Gasteiger partial charge in [0, 0.05) is 0 Å². The Labute approximate surface area is 71.2 Å². The maximum Gasteiger partial charge on any atom is 0.203 e. The number of benzene rings is 1. The van der Waals surface area contributed by atoms with E-state index < -0.39 is 0 Å². The third kappa shape index (κ3) is 0.916. The molecule has 1 aromatic rings. The van der Waals surface area contributed by atoms with Crippen molar-refractivity contribution in [2.24, 2.45) is 0 Å². The summed E-state index contributed by atoms with van der Waals surface area (Å²) in [6.45, 7) is 4.22. The molecule has 0 atom stereocenters. The lowest BCUT2D eigenvalue weighted by Crippen LogP contribution is -1.98. The first-order valence-electron chi connectivity index (χ1n) is 3.96. The fourth-order valence-electron chi connectivity index (χ4n) is 1.35. The number of rotatable bonds is 0. The largest absolute Gasteiger partial charge is 0.485 e. The van der Waals surface area contributed by atoms with Gasteiger partial charge < -0.3 is 4.74 Å². The van der Waals surface area contributed by atoms with Gasteiger partial charge in [-0.15, -0.1) is 0 Å². The molecule has 0 bridgehead atoms. The van der Waals surface area contributed by atoms with Gasteiger partial charge in [0.05, 0.1) is 5.56 Å². The molecule has 2 rings (SSSR count). The van der Waals surface area contributed by atoms with E-state index in [2.05, 4.69) is 0 Å². The molecule has 0 saturated heterocycles. The van der Waals surface area contributed by atoms with Crippen LogP contribution in [0.3, 0.4) is 0 Å². The molecule has 0 spiro atoms. The van der Waals surface area contributed by atoms with Gasteiger partial charge in [0.25, 0.3) is 0 Å². The normalized spacial score (nSPS) is 14.3. The van der Waals surface area contributed by atoms with Crippen molar-refractivity contribution in [1.82, 2.24) is 0 Å². The molecule has 2 nitrogen and oxygen atoms in total. The Bertz CT molecular complexity index is 353. The van der Waals surface area contributed by atoms with Crippen molar-refractivity contribution in [2.45, 2.75) is 13.8 Å². The zero-order valence-electron chi connectivity index (χ0n) is 7.18. The standard InChI is InChI=1S/C10H10O2/c1-6-3-8-9(11)5-12-10(8)4-7(6)2/h3-4H,5H2,1-2H3. The summed E-state index contributed by atoms with van der Waals surface area (Å²) in [6.07, 6.45) is 0. The predicted octanol–water partition coefficient (Wildman–Crippen LogP) is 1.88. The average molecular weight is 162 g/mol. The number of hydrogen-bond acceptors (Lipinski definition) is 2. The van der Waals surface area contributed by atoms with Gasteiger partial charge in [0.1, 0.15) is 5.75 Å². The second-order valence-electron chi connectivity index (χ2n) is 3.14. The molecule has 0 fully saturated rings. The highest BCUT2D eigenvalue weighted by atomic mass is 16.5. The Morgan fingerprint density at radius 3 is 2.67 bits per heavy atom. The minimum Gasteiger partial charge on any atom is -0.485 e. The lowest BCUT2D eigenvalue weighted by atomic mass is 10.0. The van der Waals surface area contributed by atoms with Gasteiger partial charge in [-0.1, -0.05) is 0 Å². The minimum absolute atomic E-state index is 0.0908. The van der Waals surface area contributed by atoms with Crippen LogP contribution in [0.15, 0.2) is 12.1 Å². The van der Waals surface area contributed by atoms with E-state index in [1.165, 1.54) is 5.56 Å². The molecular formula is C10H10O2. The third-order valence-electron chi connectivity index (χ3n) is 2.26. The molecule has 1 aliphatic heterocycles. The van der Waals surface area contributed by atoms with Crippen molar-refractivity contribution in [1.29, 1.82) is 0 Å². The lowest BCUT2D eigenvalue weighted by Gasteiger charge is -2.02. The first kappa shape index (κ1) is 7.35. The molecule has 0 radical (unpaired) electrons. The van der Waals surface area contributed by atoms with Gasteiger partial charge in [-0.2, -0.15) is 0 Å². The maximum absolute atomic E-state index is 11.2. The monoisotopic (exact) mass is 162 g/mol. The number of aryl methyl sites for hydroxylation is 2. The van der Waals surface area contributed by atoms with Crippen molar-refractivity contribution < 1.29 is 9.53 Å². The summed E-state index contributed by atoms with van der Waals surface area (Å²) in [7, 11) is 0. The highest BCUT2D eigenvalue weighted by molar-refractivity contribution is 6.02. The van der Waals surface area contributed by atoms with Gasteiger partial charge >= 0.3 is 0 Å². The molecule has 1 aromatic carbocycles. The predicted molar refractivity (Wildman–Crippen MR) is 45.7 cm³/mol. The summed E-state index contributed by atoms with van der Waals surface area (Å²) in [4.78, 5) is 11.2. The molecule has 0 amide bonds. The number of ketones is 1. The Morgan fingerprint density at radius 2 is 1.92 bits per heavy atom. The van der Waals surface area contributed by atoms with Crippen LogP contribution in [0.2, 0.25) is 0 Å². The lowest BCUT2D eigenvalue weighted by molar-refractivity contribution is 0.0961. The zero-order valence-corrected chi connectivity index (χ0v) is 7.18. The Morgan fingerprint density at radius 1 is 1.25 bits per heavy atom. The molecule has 0 aliphatic carbocycles. The quantitative estimate of drug-likeness (QED) is 0.582. The Kier molecular flexibility index (Phi) is 1.43. The molecule has 0 saturated carbocycles. The van der Waals surface area contributed by atoms with E-state index in [-0.39, 0.29) is 12.4 Å². The summed E-state index contributed by atoms with van der Waals surface area (Å²) >= 11 is 0. The van der Waals surface area contributed by atoms with Crippen LogP contribution < -0.4 is 4.74 Å². The molecule has 0 unspecified atom stereocenters. The topological polar surface area (TPSA) is 26.3 Å². The van der Waals surface area contributed by atoms with Crippen molar-refractivity contribution >= 4 is 5.78 Å². The number of ether oxygens (including phenoxy) is 1. The van der Waals surface area contributed by atoms with Crippen LogP contribution in [0.4, 0.5) is 0 Å². The summed E-state index contributed by atoms with van der Waals surface area (Å²) in [5.41, 5.74) is 3.05. The van der Waals surface area contributed by atoms with Crippen LogP contribution in [0.5, 0.6) is 5.75 Å². The molecule has 0 N–H and O–H groups in total. The number of carbonyl (C=O) groups is 1. The Balaban J connectivity index is 2.63. The highest BCUT2D eigenvalue weighted by Crippen LogP contribution is 2.27. The molecule has 1 heterocycles. The van der Waals surface area contributed by atoms with Crippen molar-refractivity contribution in [2.75, 3.05) is 6.61 Å². The summed E-state index contributed by atoms with van der Waals surface area (Å²) < 4.78 is 5.20. The summed E-state index contributed by atoms with van der Waals surface area (Å²) in [5.74, 6) is 0.830. The van der Waals surface area contributed by atoms with E-state index in [0.717, 1.165) is 16.9 Å². The van der Waals surface area contributed by atoms with Crippen molar-refractivity contribution in [3.8, 4) is 5.75 Å². The third-order valence-corrected chi connectivity index (χ3v) is 2.26. The van der Waals surface area contributed by atoms with E-state index in [9.17, 15) is 4.79 Å². The highest BCUT2D eigenvalue weighted by Gasteiger charge is 2.21. The van der Waals surface area contributed by atoms with E-state index >= 15 is 0 Å². The van der Waals surface area contributed by atoms with Crippen molar-refractivity contribution in [3.63, 3.8) is 0 Å². The van der Waals surface area contributed by atoms with Crippen LogP contribution in [-0.4, -0.2) is 12.4 Å². The van der Waals surface area contributed by atoms with Gasteiger partial charge in [-0.05, 0) is 37.1 Å². The zero-order chi connectivity index (χ0) is 8.72. The fraction of sp³-hybridized carbons (Fsp3) is 0.300. The molecule has 0 aromatic heterocycles. The van der Waals surface area contributed by atoms with Crippen LogP contribution >= 0.6 is 0 Å². The smallest absolute Gasteiger partial charge is 0.203 e. The average Bonchev–Trinajstić information content (AvgIpc) is 2.35. The van der Waals surface area contributed by atoms with E-state index in [1.807, 2.05) is 26.0 Å². The molecule has 1 aliphatic rings. The number of hydrogen-bond donors (Lipinski definition) is 0. The summed E-state index contributed by atoms with van der Waals surface area (Å²) in [5, 5.41) is 0. The maximum atomic E-state index is 11.2. The number of Topliss-reactive ketones (excluding diaryl/α,β-unsaturated/α-hetero) is 1. The first-order valence-corrected chi connectivity index (χ1v) is 3.96. The van der Waals surface area contributed by atoms with Gasteiger partial charge in [-0.3, -0.25) is 4.79 Å². The molecule has 2 heteroatoms. The summed E-state index contributed by atoms with van der Waals surface area (Å²) in [6, 6.07) is 3.83. The first-order chi connectivity index (χ1) is 5.68. The van der Waals surface area contributed by atoms with Crippen LogP contribution in [0.25, 0.3) is 0 Å². The van der Waals surface area contributed by atoms with Crippen LogP contribution in [0.1, 0.15) is 21.5 Å². The molecule has 62 valence electrons. The SMILES string of the molecule is Cc1cc2c(cc1C)C(=O)CO2. The fourth-order valence-corrected chi connectivity index (χ4v) is 1.35. The van der Waals surface area contributed by atoms with Gasteiger partial charge in [0.15, 0.2) is 6.61 Å². The molecular weight excluding hydrogens is 152 g/mol. The van der Waals surface area contributed by atoms with Gasteiger partial charge in [0.2, 0.25) is 5.78 Å². The van der Waals surface area contributed by atoms with Crippen molar-refractivity contribution in [3.05, 3.63) is 28.8 Å². The second-order valence-corrected chi connectivity index (χ2v) is 3.14. The number of fused-ring (bicyclic) bond motifs is 1. The van der Waals surface area contributed by atoms with E-state index in [0.29, 0.717) is 0 Å². The minimum atomic E-state index is 0.0908. The van der Waals surface area contributed by atoms with E-state index in [4.69, 9.17) is 4.74 Å².